The van der Waals surface area contributed by atoms with Crippen molar-refractivity contribution < 1.29 is 4.74 Å². The summed E-state index contributed by atoms with van der Waals surface area (Å²) in [7, 11) is 1.61. The van der Waals surface area contributed by atoms with Crippen LogP contribution in [0.3, 0.4) is 0 Å². The van der Waals surface area contributed by atoms with Gasteiger partial charge < -0.3 is 10.1 Å². The zero-order valence-corrected chi connectivity index (χ0v) is 14.9. The largest absolute Gasteiger partial charge is 0.495 e. The number of para-hydroxylation sites is 2. The fourth-order valence-corrected chi connectivity index (χ4v) is 2.95. The number of methoxy groups -OCH3 is 1. The molecule has 3 aromatic rings. The number of ether oxygens (including phenoxy) is 1. The molecular weight excluding hydrogens is 344 g/mol. The Morgan fingerprint density at radius 1 is 1.19 bits per heavy atom. The van der Waals surface area contributed by atoms with E-state index < -0.39 is 6.17 Å². The van der Waals surface area contributed by atoms with E-state index in [-0.39, 0.29) is 5.56 Å². The van der Waals surface area contributed by atoms with Crippen molar-refractivity contribution in [1.82, 2.24) is 14.5 Å². The van der Waals surface area contributed by atoms with Crippen LogP contribution in [0.2, 0.25) is 0 Å². The van der Waals surface area contributed by atoms with Crippen LogP contribution in [0.1, 0.15) is 17.4 Å². The summed E-state index contributed by atoms with van der Waals surface area (Å²) in [5.41, 5.74) is 2.04. The van der Waals surface area contributed by atoms with Gasteiger partial charge in [0.15, 0.2) is 6.17 Å². The first-order chi connectivity index (χ1) is 13.2. The smallest absolute Gasteiger partial charge is 0.257 e. The quantitative estimate of drug-likeness (QED) is 0.743. The maximum Gasteiger partial charge on any atom is 0.257 e. The molecule has 0 radical (unpaired) electrons. The summed E-state index contributed by atoms with van der Waals surface area (Å²) in [6.45, 7) is 1.78. The molecule has 4 rings (SSSR count). The number of pyridine rings is 1. The van der Waals surface area contributed by atoms with Crippen LogP contribution < -0.4 is 20.9 Å². The lowest BCUT2D eigenvalue weighted by Gasteiger charge is -2.27. The lowest BCUT2D eigenvalue weighted by atomic mass is 10.2. The molecular formula is C19H18N6O2. The maximum absolute atomic E-state index is 12.6. The number of nitrogens with zero attached hydrogens (tertiary/aromatic N) is 4. The number of aliphatic imine (C=N–C) groups is 1. The molecule has 1 aromatic carbocycles. The molecule has 136 valence electrons. The standard InChI is InChI=1S/C19H18N6O2/c1-12-11-16(26)25-17(13-7-9-20-10-8-13)23-18(24-19(25)21-12)22-14-5-3-4-6-15(14)27-2/h3-11,17H,1-2H3,(H2,21,22,23,24)/t17-/m0/s1. The number of aryl methyl sites for hydroxylation is 1. The zero-order valence-electron chi connectivity index (χ0n) is 14.9. The van der Waals surface area contributed by atoms with Gasteiger partial charge in [0.05, 0.1) is 12.8 Å². The molecule has 0 saturated heterocycles. The van der Waals surface area contributed by atoms with Gasteiger partial charge in [-0.3, -0.25) is 19.7 Å². The highest BCUT2D eigenvalue weighted by Gasteiger charge is 2.25. The number of anilines is 2. The Kier molecular flexibility index (Phi) is 4.29. The molecule has 8 nitrogen and oxygen atoms in total. The molecule has 0 fully saturated rings. The molecule has 2 N–H and O–H groups in total. The number of hydrogen-bond acceptors (Lipinski definition) is 7. The molecule has 3 heterocycles. The van der Waals surface area contributed by atoms with Crippen molar-refractivity contribution in [2.24, 2.45) is 4.99 Å². The van der Waals surface area contributed by atoms with E-state index in [0.29, 0.717) is 23.4 Å². The number of nitrogens with one attached hydrogen (secondary N) is 2. The highest BCUT2D eigenvalue weighted by Crippen LogP contribution is 2.27. The number of aromatic nitrogens is 3. The van der Waals surface area contributed by atoms with Crippen LogP contribution in [0.4, 0.5) is 11.6 Å². The Hall–Kier alpha value is -3.68. The van der Waals surface area contributed by atoms with Crippen molar-refractivity contribution in [3.63, 3.8) is 0 Å². The van der Waals surface area contributed by atoms with Gasteiger partial charge in [-0.2, -0.15) is 0 Å². The summed E-state index contributed by atoms with van der Waals surface area (Å²) in [4.78, 5) is 25.8. The van der Waals surface area contributed by atoms with E-state index >= 15 is 0 Å². The summed E-state index contributed by atoms with van der Waals surface area (Å²) < 4.78 is 6.91. The lowest BCUT2D eigenvalue weighted by molar-refractivity contribution is 0.417. The Morgan fingerprint density at radius 3 is 2.74 bits per heavy atom. The van der Waals surface area contributed by atoms with Crippen LogP contribution >= 0.6 is 0 Å². The first-order valence-electron chi connectivity index (χ1n) is 8.40. The lowest BCUT2D eigenvalue weighted by Crippen LogP contribution is -2.37. The molecule has 1 atom stereocenters. The predicted octanol–water partition coefficient (Wildman–Crippen LogP) is 2.40. The normalized spacial score (nSPS) is 15.3. The van der Waals surface area contributed by atoms with Gasteiger partial charge in [-0.15, -0.1) is 0 Å². The molecule has 0 aliphatic carbocycles. The minimum Gasteiger partial charge on any atom is -0.495 e. The second kappa shape index (κ2) is 6.91. The van der Waals surface area contributed by atoms with Gasteiger partial charge in [0.25, 0.3) is 5.56 Å². The van der Waals surface area contributed by atoms with Crippen molar-refractivity contribution in [2.75, 3.05) is 17.7 Å². The zero-order chi connectivity index (χ0) is 18.8. The van der Waals surface area contributed by atoms with E-state index in [1.54, 1.807) is 26.4 Å². The number of rotatable bonds is 3. The summed E-state index contributed by atoms with van der Waals surface area (Å²) in [5.74, 6) is 1.58. The highest BCUT2D eigenvalue weighted by molar-refractivity contribution is 6.04. The Morgan fingerprint density at radius 2 is 1.96 bits per heavy atom. The molecule has 8 heteroatoms. The molecule has 0 saturated carbocycles. The van der Waals surface area contributed by atoms with E-state index in [4.69, 9.17) is 4.74 Å². The fourth-order valence-electron chi connectivity index (χ4n) is 2.95. The monoisotopic (exact) mass is 362 g/mol. The fraction of sp³-hybridized carbons (Fsp3) is 0.158. The summed E-state index contributed by atoms with van der Waals surface area (Å²) >= 11 is 0. The first kappa shape index (κ1) is 16.8. The SMILES string of the molecule is COc1ccccc1NC1=N[C@H](c2ccncc2)n2c(nc(C)cc2=O)N1. The van der Waals surface area contributed by atoms with Crippen LogP contribution in [0.5, 0.6) is 5.75 Å². The third-order valence-corrected chi connectivity index (χ3v) is 4.17. The van der Waals surface area contributed by atoms with Gasteiger partial charge >= 0.3 is 0 Å². The van der Waals surface area contributed by atoms with Gasteiger partial charge in [0, 0.05) is 29.7 Å². The molecule has 0 bridgehead atoms. The van der Waals surface area contributed by atoms with Crippen LogP contribution in [0.15, 0.2) is 64.6 Å². The third kappa shape index (κ3) is 3.24. The molecule has 0 amide bonds. The topological polar surface area (TPSA) is 93.4 Å². The van der Waals surface area contributed by atoms with E-state index in [2.05, 4.69) is 25.6 Å². The Bertz CT molecular complexity index is 1060. The summed E-state index contributed by atoms with van der Waals surface area (Å²) in [6, 6.07) is 12.7. The van der Waals surface area contributed by atoms with Crippen molar-refractivity contribution >= 4 is 17.6 Å². The molecule has 27 heavy (non-hydrogen) atoms. The summed E-state index contributed by atoms with van der Waals surface area (Å²) in [6.07, 6.45) is 2.79. The van der Waals surface area contributed by atoms with Gasteiger partial charge in [0.1, 0.15) is 5.75 Å². The highest BCUT2D eigenvalue weighted by atomic mass is 16.5. The van der Waals surface area contributed by atoms with Gasteiger partial charge in [-0.05, 0) is 31.2 Å². The second-order valence-corrected chi connectivity index (χ2v) is 6.01. The van der Waals surface area contributed by atoms with Crippen molar-refractivity contribution in [2.45, 2.75) is 13.1 Å². The Labute approximate surface area is 155 Å². The van der Waals surface area contributed by atoms with Gasteiger partial charge in [0.2, 0.25) is 11.9 Å². The molecule has 1 aliphatic heterocycles. The van der Waals surface area contributed by atoms with Crippen molar-refractivity contribution in [3.8, 4) is 5.75 Å². The third-order valence-electron chi connectivity index (χ3n) is 4.17. The maximum atomic E-state index is 12.6. The van der Waals surface area contributed by atoms with Gasteiger partial charge in [-0.1, -0.05) is 12.1 Å². The van der Waals surface area contributed by atoms with E-state index in [9.17, 15) is 4.79 Å². The van der Waals surface area contributed by atoms with E-state index in [1.165, 1.54) is 10.6 Å². The molecule has 0 spiro atoms. The van der Waals surface area contributed by atoms with Crippen LogP contribution in [-0.4, -0.2) is 27.6 Å². The van der Waals surface area contributed by atoms with Crippen LogP contribution in [-0.2, 0) is 0 Å². The van der Waals surface area contributed by atoms with Crippen molar-refractivity contribution in [3.05, 3.63) is 76.5 Å². The predicted molar refractivity (Wildman–Crippen MR) is 103 cm³/mol. The molecule has 1 aliphatic rings. The van der Waals surface area contributed by atoms with E-state index in [1.807, 2.05) is 36.4 Å². The minimum atomic E-state index is -0.554. The van der Waals surface area contributed by atoms with Crippen molar-refractivity contribution in [1.29, 1.82) is 0 Å². The molecule has 0 unspecified atom stereocenters. The summed E-state index contributed by atoms with van der Waals surface area (Å²) in [5, 5.41) is 6.32. The van der Waals surface area contributed by atoms with Gasteiger partial charge in [-0.25, -0.2) is 9.98 Å². The average Bonchev–Trinajstić information content (AvgIpc) is 2.68. The number of fused-ring (bicyclic) bond motifs is 1. The second-order valence-electron chi connectivity index (χ2n) is 6.01. The number of hydrogen-bond donors (Lipinski definition) is 2. The first-order valence-corrected chi connectivity index (χ1v) is 8.40. The van der Waals surface area contributed by atoms with Crippen LogP contribution in [0.25, 0.3) is 0 Å². The number of guanidine groups is 1. The molecule has 2 aromatic heterocycles. The number of benzene rings is 1. The Balaban J connectivity index is 1.80. The minimum absolute atomic E-state index is 0.174. The van der Waals surface area contributed by atoms with E-state index in [0.717, 1.165) is 11.3 Å². The average molecular weight is 362 g/mol. The van der Waals surface area contributed by atoms with Crippen LogP contribution in [0, 0.1) is 6.92 Å².